The molecule has 2 heterocycles. The number of amides is 1. The summed E-state index contributed by atoms with van der Waals surface area (Å²) in [6.07, 6.45) is 0.887. The first-order valence-electron chi connectivity index (χ1n) is 8.20. The molecule has 25 heavy (non-hydrogen) atoms. The van der Waals surface area contributed by atoms with E-state index in [9.17, 15) is 4.79 Å². The Bertz CT molecular complexity index is 938. The summed E-state index contributed by atoms with van der Waals surface area (Å²) >= 11 is 1.76. The lowest BCUT2D eigenvalue weighted by Gasteiger charge is -2.36. The van der Waals surface area contributed by atoms with Crippen LogP contribution in [-0.2, 0) is 6.42 Å². The molecule has 4 rings (SSSR count). The number of fused-ring (bicyclic) bond motifs is 1. The average Bonchev–Trinajstić information content (AvgIpc) is 3.16. The van der Waals surface area contributed by atoms with Gasteiger partial charge in [-0.2, -0.15) is 5.26 Å². The van der Waals surface area contributed by atoms with Crippen molar-refractivity contribution in [2.24, 2.45) is 0 Å². The molecule has 1 unspecified atom stereocenters. The van der Waals surface area contributed by atoms with E-state index in [1.165, 1.54) is 10.4 Å². The number of hydrogen-bond donors (Lipinski definition) is 0. The van der Waals surface area contributed by atoms with Crippen molar-refractivity contribution >= 4 is 17.2 Å². The van der Waals surface area contributed by atoms with E-state index in [1.54, 1.807) is 35.6 Å². The topological polar surface area (TPSA) is 44.1 Å². The Hall–Kier alpha value is -2.90. The van der Waals surface area contributed by atoms with E-state index in [1.807, 2.05) is 23.1 Å². The van der Waals surface area contributed by atoms with E-state index >= 15 is 0 Å². The van der Waals surface area contributed by atoms with Gasteiger partial charge in [-0.15, -0.1) is 11.3 Å². The predicted molar refractivity (Wildman–Crippen MR) is 98.5 cm³/mol. The zero-order valence-corrected chi connectivity index (χ0v) is 14.4. The third kappa shape index (κ3) is 2.84. The Kier molecular flexibility index (Phi) is 4.09. The van der Waals surface area contributed by atoms with Gasteiger partial charge >= 0.3 is 0 Å². The van der Waals surface area contributed by atoms with E-state index < -0.39 is 0 Å². The Balaban J connectivity index is 1.74. The summed E-state index contributed by atoms with van der Waals surface area (Å²) in [6, 6.07) is 21.2. The van der Waals surface area contributed by atoms with Gasteiger partial charge in [-0.3, -0.25) is 4.79 Å². The second-order valence-corrected chi connectivity index (χ2v) is 7.05. The fourth-order valence-corrected chi connectivity index (χ4v) is 4.29. The van der Waals surface area contributed by atoms with E-state index in [2.05, 4.69) is 29.6 Å². The summed E-state index contributed by atoms with van der Waals surface area (Å²) in [4.78, 5) is 16.5. The molecule has 0 saturated carbocycles. The number of thiophene rings is 1. The summed E-state index contributed by atoms with van der Waals surface area (Å²) in [5.74, 6) is 0.00944. The lowest BCUT2D eigenvalue weighted by Crippen LogP contribution is -2.40. The van der Waals surface area contributed by atoms with Gasteiger partial charge in [0.05, 0.1) is 17.7 Å². The zero-order chi connectivity index (χ0) is 17.2. The van der Waals surface area contributed by atoms with Crippen molar-refractivity contribution in [1.82, 2.24) is 4.90 Å². The molecule has 1 aromatic heterocycles. The first-order valence-corrected chi connectivity index (χ1v) is 9.08. The molecule has 3 nitrogen and oxygen atoms in total. The Morgan fingerprint density at radius 1 is 1.08 bits per heavy atom. The molecular formula is C21H16N2OS. The van der Waals surface area contributed by atoms with E-state index in [0.29, 0.717) is 17.7 Å². The van der Waals surface area contributed by atoms with Gasteiger partial charge < -0.3 is 4.90 Å². The molecule has 0 saturated heterocycles. The maximum absolute atomic E-state index is 13.2. The Morgan fingerprint density at radius 3 is 2.56 bits per heavy atom. The minimum absolute atomic E-state index is 0.00944. The van der Waals surface area contributed by atoms with Gasteiger partial charge in [-0.1, -0.05) is 30.3 Å². The molecule has 3 aromatic rings. The average molecular weight is 344 g/mol. The molecule has 0 spiro atoms. The highest BCUT2D eigenvalue weighted by Crippen LogP contribution is 2.38. The summed E-state index contributed by atoms with van der Waals surface area (Å²) in [7, 11) is 0. The molecule has 0 radical (unpaired) electrons. The molecule has 1 aliphatic rings. The fraction of sp³-hybridized carbons (Fsp3) is 0.143. The first-order chi connectivity index (χ1) is 12.3. The van der Waals surface area contributed by atoms with Crippen LogP contribution in [-0.4, -0.2) is 17.4 Å². The van der Waals surface area contributed by atoms with Crippen molar-refractivity contribution < 1.29 is 4.79 Å². The highest BCUT2D eigenvalue weighted by atomic mass is 32.1. The van der Waals surface area contributed by atoms with E-state index in [0.717, 1.165) is 12.0 Å². The minimum Gasteiger partial charge on any atom is -0.327 e. The minimum atomic E-state index is -0.0562. The van der Waals surface area contributed by atoms with Crippen LogP contribution in [0.15, 0.2) is 66.0 Å². The van der Waals surface area contributed by atoms with Crippen LogP contribution < -0.4 is 0 Å². The molecular weight excluding hydrogens is 328 g/mol. The van der Waals surface area contributed by atoms with Crippen molar-refractivity contribution in [3.63, 3.8) is 0 Å². The number of carbonyl (C=O) groups is 1. The molecule has 0 aliphatic carbocycles. The fourth-order valence-electron chi connectivity index (χ4n) is 3.38. The Labute approximate surface area is 150 Å². The lowest BCUT2D eigenvalue weighted by atomic mass is 9.92. The molecule has 1 atom stereocenters. The molecule has 1 aliphatic heterocycles. The number of rotatable bonds is 2. The maximum Gasteiger partial charge on any atom is 0.254 e. The lowest BCUT2D eigenvalue weighted by molar-refractivity contribution is 0.0696. The van der Waals surface area contributed by atoms with Gasteiger partial charge in [0.2, 0.25) is 0 Å². The van der Waals surface area contributed by atoms with Gasteiger partial charge in [0, 0.05) is 17.0 Å². The van der Waals surface area contributed by atoms with Gasteiger partial charge in [0.1, 0.15) is 0 Å². The molecule has 1 amide bonds. The summed E-state index contributed by atoms with van der Waals surface area (Å²) in [6.45, 7) is 0.700. The van der Waals surface area contributed by atoms with Crippen molar-refractivity contribution in [2.45, 2.75) is 12.5 Å². The Morgan fingerprint density at radius 2 is 1.84 bits per heavy atom. The number of nitriles is 1. The highest BCUT2D eigenvalue weighted by Gasteiger charge is 2.33. The third-order valence-corrected chi connectivity index (χ3v) is 5.60. The van der Waals surface area contributed by atoms with Crippen LogP contribution in [0.25, 0.3) is 0 Å². The predicted octanol–water partition coefficient (Wildman–Crippen LogP) is 4.41. The van der Waals surface area contributed by atoms with Crippen molar-refractivity contribution in [2.75, 3.05) is 6.54 Å². The van der Waals surface area contributed by atoms with Crippen LogP contribution in [0.1, 0.15) is 38.0 Å². The molecule has 4 heteroatoms. The summed E-state index contributed by atoms with van der Waals surface area (Å²) in [5.41, 5.74) is 3.54. The zero-order valence-electron chi connectivity index (χ0n) is 13.6. The van der Waals surface area contributed by atoms with E-state index in [4.69, 9.17) is 5.26 Å². The van der Waals surface area contributed by atoms with Crippen LogP contribution in [0.4, 0.5) is 0 Å². The van der Waals surface area contributed by atoms with Crippen LogP contribution in [0.3, 0.4) is 0 Å². The van der Waals surface area contributed by atoms with Gasteiger partial charge in [0.15, 0.2) is 0 Å². The smallest absolute Gasteiger partial charge is 0.254 e. The SMILES string of the molecule is N#Cc1ccc(C(=O)N2CCc3sccc3C2c2ccccc2)cc1. The summed E-state index contributed by atoms with van der Waals surface area (Å²) in [5, 5.41) is 11.1. The number of nitrogens with zero attached hydrogens (tertiary/aromatic N) is 2. The second-order valence-electron chi connectivity index (χ2n) is 6.05. The van der Waals surface area contributed by atoms with Crippen molar-refractivity contribution in [1.29, 1.82) is 5.26 Å². The van der Waals surface area contributed by atoms with Gasteiger partial charge in [0.25, 0.3) is 5.91 Å². The van der Waals surface area contributed by atoms with Crippen LogP contribution in [0, 0.1) is 11.3 Å². The number of carbonyl (C=O) groups excluding carboxylic acids is 1. The molecule has 0 fully saturated rings. The maximum atomic E-state index is 13.2. The quantitative estimate of drug-likeness (QED) is 0.691. The van der Waals surface area contributed by atoms with Gasteiger partial charge in [-0.25, -0.2) is 0 Å². The number of benzene rings is 2. The highest BCUT2D eigenvalue weighted by molar-refractivity contribution is 7.10. The van der Waals surface area contributed by atoms with Gasteiger partial charge in [-0.05, 0) is 53.3 Å². The number of hydrogen-bond acceptors (Lipinski definition) is 3. The largest absolute Gasteiger partial charge is 0.327 e. The normalized spacial score (nSPS) is 16.1. The summed E-state index contributed by atoms with van der Waals surface area (Å²) < 4.78 is 0. The molecule has 122 valence electrons. The molecule has 2 aromatic carbocycles. The van der Waals surface area contributed by atoms with Crippen LogP contribution >= 0.6 is 11.3 Å². The first kappa shape index (κ1) is 15.6. The third-order valence-electron chi connectivity index (χ3n) is 4.60. The van der Waals surface area contributed by atoms with Crippen LogP contribution in [0.2, 0.25) is 0 Å². The van der Waals surface area contributed by atoms with Crippen molar-refractivity contribution in [3.8, 4) is 6.07 Å². The van der Waals surface area contributed by atoms with Crippen molar-refractivity contribution in [3.05, 3.63) is 93.2 Å². The van der Waals surface area contributed by atoms with E-state index in [-0.39, 0.29) is 11.9 Å². The molecule has 0 bridgehead atoms. The standard InChI is InChI=1S/C21H16N2OS/c22-14-15-6-8-17(9-7-15)21(24)23-12-10-19-18(11-13-25-19)20(23)16-4-2-1-3-5-16/h1-9,11,13,20H,10,12H2. The molecule has 0 N–H and O–H groups in total. The second kappa shape index (κ2) is 6.54. The van der Waals surface area contributed by atoms with Crippen LogP contribution in [0.5, 0.6) is 0 Å². The monoisotopic (exact) mass is 344 g/mol.